The smallest absolute Gasteiger partial charge is 0.317 e. The molecule has 4 saturated heterocycles. The highest BCUT2D eigenvalue weighted by atomic mass is 16.8. The first-order valence-corrected chi connectivity index (χ1v) is 27.5. The number of esters is 1. The van der Waals surface area contributed by atoms with Gasteiger partial charge < -0.3 is 109 Å². The van der Waals surface area contributed by atoms with Crippen molar-refractivity contribution in [2.45, 2.75) is 242 Å². The number of rotatable bonds is 11. The summed E-state index contributed by atoms with van der Waals surface area (Å²) in [4.78, 5) is 54.0. The molecule has 0 amide bonds. The first-order valence-electron chi connectivity index (χ1n) is 27.5. The Labute approximate surface area is 451 Å². The van der Waals surface area contributed by atoms with Crippen molar-refractivity contribution in [2.24, 2.45) is 50.2 Å². The third-order valence-corrected chi connectivity index (χ3v) is 21.1. The second-order valence-electron chi connectivity index (χ2n) is 25.8. The standard InChI is InChI=1S/C54H82O24/c1-21-30(58)33(61)36(64)44(71-21)75-40-39(67)41(43(68)69)76-47(42(40)77-46-38(66)35(63)32(60)25(19-55)73-46)74-29-12-13-50(5)26(51(29,6)20-56)11-14-52(7)27(50)10-9-23-24-17-49(3,4)15-16-54(24,28(57)18-53(23,52)8)48(70)78-45-37(65)34(62)31(59)22(2)72-45/h9,20-22,24-30,32-42,44-47,55,57-58,60-67H,10-19H2,1-8H3,(H,68,69)/p-1/t21-,22+,24-,25+,26+,27+,28+,29-,30-,32-,33+,34-,35-,36+,37+,38+,39-,40-,41-,42+,44-,45-,46-,47+,50-,51-,52+,53+,54+/m0/s1. The van der Waals surface area contributed by atoms with Gasteiger partial charge in [-0.25, -0.2) is 0 Å². The number of carbonyl (C=O) groups is 4. The Morgan fingerprint density at radius 2 is 1.33 bits per heavy atom. The molecule has 442 valence electrons. The number of ketones is 1. The zero-order chi connectivity index (χ0) is 57.3. The molecule has 4 saturated carbocycles. The van der Waals surface area contributed by atoms with Crippen LogP contribution >= 0.6 is 0 Å². The van der Waals surface area contributed by atoms with Crippen LogP contribution in [0.15, 0.2) is 11.6 Å². The molecule has 0 bridgehead atoms. The van der Waals surface area contributed by atoms with E-state index in [0.717, 1.165) is 11.9 Å². The number of fused-ring (bicyclic) bond motifs is 7. The van der Waals surface area contributed by atoms with Gasteiger partial charge in [0.25, 0.3) is 0 Å². The minimum atomic E-state index is -2.25. The number of allylic oxidation sites excluding steroid dienone is 2. The summed E-state index contributed by atoms with van der Waals surface area (Å²) in [6.07, 6.45) is -30.5. The Balaban J connectivity index is 1.03. The predicted octanol–water partition coefficient (Wildman–Crippen LogP) is -2.86. The molecular formula is C54H81O24-. The molecule has 8 fully saturated rings. The number of aliphatic hydroxyl groups is 11. The summed E-state index contributed by atoms with van der Waals surface area (Å²) in [6, 6.07) is 0. The van der Waals surface area contributed by atoms with Crippen molar-refractivity contribution in [3.8, 4) is 0 Å². The van der Waals surface area contributed by atoms with Crippen molar-refractivity contribution in [3.63, 3.8) is 0 Å². The number of Topliss-reactive ketones (excluding diaryl/α,β-unsaturated/α-hetero) is 1. The third-order valence-electron chi connectivity index (χ3n) is 21.1. The van der Waals surface area contributed by atoms with Crippen molar-refractivity contribution >= 4 is 24.0 Å². The first-order chi connectivity index (χ1) is 36.4. The summed E-state index contributed by atoms with van der Waals surface area (Å²) in [5, 5.41) is 133. The van der Waals surface area contributed by atoms with Crippen LogP contribution in [0.3, 0.4) is 0 Å². The monoisotopic (exact) mass is 1110 g/mol. The lowest BCUT2D eigenvalue weighted by Crippen LogP contribution is -2.70. The van der Waals surface area contributed by atoms with Gasteiger partial charge in [-0.1, -0.05) is 53.2 Å². The summed E-state index contributed by atoms with van der Waals surface area (Å²) in [5.41, 5.74) is -3.97. The number of aliphatic hydroxyl groups excluding tert-OH is 11. The molecule has 4 heterocycles. The van der Waals surface area contributed by atoms with Gasteiger partial charge in [-0.3, -0.25) is 9.59 Å². The number of aliphatic carboxylic acids is 1. The van der Waals surface area contributed by atoms with E-state index in [1.54, 1.807) is 6.92 Å². The van der Waals surface area contributed by atoms with Crippen molar-refractivity contribution in [1.82, 2.24) is 0 Å². The number of hydrogen-bond donors (Lipinski definition) is 11. The lowest BCUT2D eigenvalue weighted by Gasteiger charge is -2.71. The number of hydrogen-bond acceptors (Lipinski definition) is 24. The van der Waals surface area contributed by atoms with Crippen molar-refractivity contribution in [1.29, 1.82) is 0 Å². The molecule has 0 aromatic carbocycles. The van der Waals surface area contributed by atoms with Gasteiger partial charge in [0.1, 0.15) is 97.2 Å². The maximum atomic E-state index is 14.8. The normalized spacial score (nSPS) is 54.0. The van der Waals surface area contributed by atoms with Gasteiger partial charge in [-0.05, 0) is 111 Å². The van der Waals surface area contributed by atoms with Gasteiger partial charge in [0.15, 0.2) is 24.7 Å². The van der Waals surface area contributed by atoms with Crippen molar-refractivity contribution < 1.29 is 118 Å². The van der Waals surface area contributed by atoms with Crippen LogP contribution in [0, 0.1) is 50.2 Å². The number of carboxylic acids is 1. The lowest BCUT2D eigenvalue weighted by atomic mass is 9.33. The topological polar surface area (TPSA) is 388 Å². The van der Waals surface area contributed by atoms with Gasteiger partial charge in [-0.2, -0.15) is 0 Å². The molecule has 29 atom stereocenters. The highest BCUT2D eigenvalue weighted by Crippen LogP contribution is 2.76. The second-order valence-corrected chi connectivity index (χ2v) is 25.8. The zero-order valence-electron chi connectivity index (χ0n) is 45.3. The largest absolute Gasteiger partial charge is 0.547 e. The van der Waals surface area contributed by atoms with Gasteiger partial charge in [-0.15, -0.1) is 0 Å². The SMILES string of the molecule is C[C@@H]1O[C@@H](O[C@H]2[C@H](O)[C@@H](C(=O)[O-])O[C@@H](O[C@H]3CC[C@]4(C)[C@H]5CC=C6[C@@H]7CC(C)(C)CC[C@]7(C(=O)O[C@@H]7O[C@H](C)C(=O)[C@H](O)[C@H]7O)[C@H](O)C[C@@]6(C)[C@]5(C)CC[C@H]4[C@]3(C)C=O)[C@@H]2O[C@@H]2O[C@H](CO)[C@H](O)[C@H](O)[C@H]2O)[C@H](O)[C@H](O)[C@H]1O. The van der Waals surface area contributed by atoms with E-state index >= 15 is 0 Å². The van der Waals surface area contributed by atoms with Crippen LogP contribution < -0.4 is 5.11 Å². The molecule has 5 aliphatic carbocycles. The van der Waals surface area contributed by atoms with E-state index in [0.29, 0.717) is 38.5 Å². The summed E-state index contributed by atoms with van der Waals surface area (Å²) in [7, 11) is 0. The second kappa shape index (κ2) is 21.2. The van der Waals surface area contributed by atoms with E-state index < -0.39 is 192 Å². The highest BCUT2D eigenvalue weighted by Gasteiger charge is 2.73. The average molecular weight is 1110 g/mol. The Bertz CT molecular complexity index is 2300. The summed E-state index contributed by atoms with van der Waals surface area (Å²) < 4.78 is 47.7. The molecule has 0 aromatic heterocycles. The van der Waals surface area contributed by atoms with Gasteiger partial charge in [0, 0.05) is 0 Å². The Kier molecular flexibility index (Phi) is 16.3. The van der Waals surface area contributed by atoms with Crippen LogP contribution in [0.25, 0.3) is 0 Å². The van der Waals surface area contributed by atoms with Gasteiger partial charge in [0.05, 0.1) is 36.3 Å². The molecule has 11 N–H and O–H groups in total. The van der Waals surface area contributed by atoms with E-state index in [1.807, 2.05) is 0 Å². The van der Waals surface area contributed by atoms with Crippen LogP contribution in [0.5, 0.6) is 0 Å². The van der Waals surface area contributed by atoms with E-state index in [2.05, 4.69) is 40.7 Å². The molecule has 24 nitrogen and oxygen atoms in total. The Morgan fingerprint density at radius 1 is 0.692 bits per heavy atom. The Morgan fingerprint density at radius 3 is 1.97 bits per heavy atom. The lowest BCUT2D eigenvalue weighted by molar-refractivity contribution is -0.403. The predicted molar refractivity (Wildman–Crippen MR) is 259 cm³/mol. The maximum Gasteiger partial charge on any atom is 0.317 e. The molecule has 0 spiro atoms. The molecule has 4 aliphatic heterocycles. The summed E-state index contributed by atoms with van der Waals surface area (Å²) in [5.74, 6) is -4.56. The number of aldehydes is 1. The number of carboxylic acid groups (broad SMARTS) is 1. The molecular weight excluding hydrogens is 1030 g/mol. The van der Waals surface area contributed by atoms with E-state index in [4.69, 9.17) is 37.9 Å². The molecule has 78 heavy (non-hydrogen) atoms. The van der Waals surface area contributed by atoms with Crippen molar-refractivity contribution in [2.75, 3.05) is 6.61 Å². The van der Waals surface area contributed by atoms with E-state index in [9.17, 15) is 80.5 Å². The highest BCUT2D eigenvalue weighted by molar-refractivity contribution is 5.88. The summed E-state index contributed by atoms with van der Waals surface area (Å²) in [6.45, 7) is 14.3. The fourth-order valence-corrected chi connectivity index (χ4v) is 16.2. The van der Waals surface area contributed by atoms with Gasteiger partial charge in [0.2, 0.25) is 6.29 Å². The zero-order valence-corrected chi connectivity index (χ0v) is 45.3. The van der Waals surface area contributed by atoms with Crippen LogP contribution in [-0.4, -0.2) is 216 Å². The Hall–Kier alpha value is -2.70. The van der Waals surface area contributed by atoms with Gasteiger partial charge >= 0.3 is 5.97 Å². The molecule has 9 aliphatic rings. The molecule has 0 aromatic rings. The number of ether oxygens (including phenoxy) is 8. The quantitative estimate of drug-likeness (QED) is 0.0429. The van der Waals surface area contributed by atoms with E-state index in [-0.39, 0.29) is 30.6 Å². The molecule has 0 unspecified atom stereocenters. The van der Waals surface area contributed by atoms with Crippen LogP contribution in [-0.2, 0) is 57.1 Å². The first kappa shape index (κ1) is 59.9. The minimum Gasteiger partial charge on any atom is -0.547 e. The summed E-state index contributed by atoms with van der Waals surface area (Å²) >= 11 is 0. The minimum absolute atomic E-state index is 0.131. The molecule has 9 rings (SSSR count). The van der Waals surface area contributed by atoms with E-state index in [1.165, 1.54) is 13.8 Å². The molecule has 24 heteroatoms. The van der Waals surface area contributed by atoms with Crippen LogP contribution in [0.2, 0.25) is 0 Å². The fourth-order valence-electron chi connectivity index (χ4n) is 16.2. The molecule has 0 radical (unpaired) electrons. The van der Waals surface area contributed by atoms with Crippen LogP contribution in [0.1, 0.15) is 113 Å². The number of carbonyl (C=O) groups excluding carboxylic acids is 4. The fraction of sp³-hybridized carbons (Fsp3) is 0.889. The average Bonchev–Trinajstić information content (AvgIpc) is 3.55. The maximum absolute atomic E-state index is 14.8. The van der Waals surface area contributed by atoms with Crippen LogP contribution in [0.4, 0.5) is 0 Å². The van der Waals surface area contributed by atoms with Crippen molar-refractivity contribution in [3.05, 3.63) is 11.6 Å². The third kappa shape index (κ3) is 9.27.